The topological polar surface area (TPSA) is 76.1 Å². The number of carbonyl (C=O) groups is 1. The minimum absolute atomic E-state index is 0.577. The van der Waals surface area contributed by atoms with Gasteiger partial charge >= 0.3 is 0 Å². The molecule has 1 unspecified atom stereocenters. The lowest BCUT2D eigenvalue weighted by atomic mass is 10.2. The highest BCUT2D eigenvalue weighted by atomic mass is 16.5. The largest absolute Gasteiger partial charge is 0.416 e. The first kappa shape index (κ1) is 9.92. The molecule has 0 aliphatic rings. The van der Waals surface area contributed by atoms with Crippen molar-refractivity contribution in [3.05, 3.63) is 0 Å². The van der Waals surface area contributed by atoms with Crippen LogP contribution in [-0.4, -0.2) is 18.9 Å². The van der Waals surface area contributed by atoms with Gasteiger partial charge in [0.1, 0.15) is 0 Å². The predicted octanol–water partition coefficient (Wildman–Crippen LogP) is 0.181. The smallest absolute Gasteiger partial charge is 0.287 e. The van der Waals surface area contributed by atoms with Gasteiger partial charge in [0.15, 0.2) is 12.4 Å². The number of rotatable bonds is 6. The van der Waals surface area contributed by atoms with Crippen LogP contribution in [-0.2, 0) is 9.53 Å². The first-order valence-electron chi connectivity index (χ1n) is 3.55. The van der Waals surface area contributed by atoms with Gasteiger partial charge in [-0.2, -0.15) is 5.26 Å². The first-order chi connectivity index (χ1) is 5.35. The highest BCUT2D eigenvalue weighted by Crippen LogP contribution is 2.00. The Kier molecular flexibility index (Phi) is 6.34. The Morgan fingerprint density at radius 2 is 2.36 bits per heavy atom. The van der Waals surface area contributed by atoms with Crippen molar-refractivity contribution in [3.8, 4) is 6.26 Å². The number of nitrogens with zero attached hydrogens (tertiary/aromatic N) is 1. The van der Waals surface area contributed by atoms with Crippen molar-refractivity contribution in [2.45, 2.75) is 25.4 Å². The summed E-state index contributed by atoms with van der Waals surface area (Å²) in [4.78, 5) is 10.2. The Bertz CT molecular complexity index is 142. The van der Waals surface area contributed by atoms with E-state index in [9.17, 15) is 4.79 Å². The maximum Gasteiger partial charge on any atom is 0.287 e. The van der Waals surface area contributed by atoms with E-state index in [4.69, 9.17) is 11.0 Å². The van der Waals surface area contributed by atoms with Crippen LogP contribution in [0.1, 0.15) is 19.3 Å². The van der Waals surface area contributed by atoms with Gasteiger partial charge in [-0.05, 0) is 25.8 Å². The lowest BCUT2D eigenvalue weighted by Crippen LogP contribution is -2.12. The molecule has 4 heteroatoms. The van der Waals surface area contributed by atoms with Gasteiger partial charge in [0, 0.05) is 0 Å². The quantitative estimate of drug-likeness (QED) is 0.338. The van der Waals surface area contributed by atoms with E-state index in [1.54, 1.807) is 0 Å². The summed E-state index contributed by atoms with van der Waals surface area (Å²) >= 11 is 0. The van der Waals surface area contributed by atoms with Gasteiger partial charge in [-0.25, -0.2) is 0 Å². The molecule has 0 aromatic rings. The third kappa shape index (κ3) is 5.37. The van der Waals surface area contributed by atoms with Crippen LogP contribution in [0, 0.1) is 11.5 Å². The minimum Gasteiger partial charge on any atom is -0.416 e. The van der Waals surface area contributed by atoms with Crippen LogP contribution in [0.4, 0.5) is 0 Å². The molecule has 0 amide bonds. The number of unbranched alkanes of at least 4 members (excludes halogenated alkanes) is 1. The maximum atomic E-state index is 10.2. The van der Waals surface area contributed by atoms with Gasteiger partial charge < -0.3 is 10.5 Å². The van der Waals surface area contributed by atoms with E-state index in [1.165, 1.54) is 6.26 Å². The molecule has 0 aromatic carbocycles. The van der Waals surface area contributed by atoms with E-state index in [1.807, 2.05) is 0 Å². The normalized spacial score (nSPS) is 11.6. The van der Waals surface area contributed by atoms with Crippen LogP contribution >= 0.6 is 0 Å². The third-order valence-corrected chi connectivity index (χ3v) is 1.30. The molecule has 0 rings (SSSR count). The fourth-order valence-electron chi connectivity index (χ4n) is 0.712. The van der Waals surface area contributed by atoms with Crippen molar-refractivity contribution in [2.75, 3.05) is 6.54 Å². The molecular weight excluding hydrogens is 144 g/mol. The highest BCUT2D eigenvalue weighted by molar-refractivity contribution is 5.56. The van der Waals surface area contributed by atoms with Gasteiger partial charge in [0.2, 0.25) is 0 Å². The summed E-state index contributed by atoms with van der Waals surface area (Å²) in [5, 5.41) is 8.07. The molecule has 62 valence electrons. The second kappa shape index (κ2) is 7.03. The van der Waals surface area contributed by atoms with E-state index in [-0.39, 0.29) is 0 Å². The molecule has 4 nitrogen and oxygen atoms in total. The fraction of sp³-hybridized carbons (Fsp3) is 0.714. The monoisotopic (exact) mass is 156 g/mol. The fourth-order valence-corrected chi connectivity index (χ4v) is 0.712. The molecule has 11 heavy (non-hydrogen) atoms. The summed E-state index contributed by atoms with van der Waals surface area (Å²) in [6, 6.07) is 0. The van der Waals surface area contributed by atoms with Gasteiger partial charge in [-0.1, -0.05) is 0 Å². The third-order valence-electron chi connectivity index (χ3n) is 1.30. The van der Waals surface area contributed by atoms with Crippen LogP contribution < -0.4 is 5.73 Å². The summed E-state index contributed by atoms with van der Waals surface area (Å²) in [5.41, 5.74) is 5.24. The molecule has 1 atom stereocenters. The highest BCUT2D eigenvalue weighted by Gasteiger charge is 2.05. The number of nitriles is 1. The maximum absolute atomic E-state index is 10.2. The Morgan fingerprint density at radius 1 is 1.64 bits per heavy atom. The molecule has 0 radical (unpaired) electrons. The van der Waals surface area contributed by atoms with Crippen LogP contribution in [0.25, 0.3) is 0 Å². The second-order valence-electron chi connectivity index (χ2n) is 2.17. The molecule has 0 bridgehead atoms. The van der Waals surface area contributed by atoms with Crippen LogP contribution in [0.15, 0.2) is 0 Å². The van der Waals surface area contributed by atoms with Crippen molar-refractivity contribution in [1.82, 2.24) is 0 Å². The standard InChI is InChI=1S/C7H12N2O2/c8-4-2-1-3-7(5-10)11-6-9/h5,7H,1-4,8H2. The molecule has 0 aliphatic carbocycles. The molecule has 2 N–H and O–H groups in total. The Hall–Kier alpha value is -1.08. The Balaban J connectivity index is 3.37. The van der Waals surface area contributed by atoms with Crippen molar-refractivity contribution in [1.29, 1.82) is 5.26 Å². The van der Waals surface area contributed by atoms with Gasteiger partial charge in [-0.3, -0.25) is 4.79 Å². The Morgan fingerprint density at radius 3 is 2.82 bits per heavy atom. The lowest BCUT2D eigenvalue weighted by molar-refractivity contribution is -0.115. The molecular formula is C7H12N2O2. The number of hydrogen-bond acceptors (Lipinski definition) is 4. The lowest BCUT2D eigenvalue weighted by Gasteiger charge is -2.04. The number of carbonyl (C=O) groups excluding carboxylic acids is 1. The summed E-state index contributed by atoms with van der Waals surface area (Å²) in [6.45, 7) is 0.609. The molecule has 0 aliphatic heterocycles. The SMILES string of the molecule is N#COC(C=O)CCCCN. The second-order valence-corrected chi connectivity index (χ2v) is 2.17. The van der Waals surface area contributed by atoms with E-state index < -0.39 is 6.10 Å². The van der Waals surface area contributed by atoms with E-state index in [0.29, 0.717) is 19.3 Å². The van der Waals surface area contributed by atoms with Crippen molar-refractivity contribution >= 4 is 6.29 Å². The first-order valence-corrected chi connectivity index (χ1v) is 3.55. The summed E-state index contributed by atoms with van der Waals surface area (Å²) in [7, 11) is 0. The van der Waals surface area contributed by atoms with E-state index in [2.05, 4.69) is 4.74 Å². The zero-order valence-corrected chi connectivity index (χ0v) is 6.32. The summed E-state index contributed by atoms with van der Waals surface area (Å²) in [6.07, 6.45) is 3.80. The van der Waals surface area contributed by atoms with Crippen LogP contribution in [0.2, 0.25) is 0 Å². The van der Waals surface area contributed by atoms with Crippen molar-refractivity contribution in [3.63, 3.8) is 0 Å². The Labute approximate surface area is 65.9 Å². The zero-order chi connectivity index (χ0) is 8.53. The number of ether oxygens (including phenoxy) is 1. The van der Waals surface area contributed by atoms with Crippen molar-refractivity contribution in [2.24, 2.45) is 5.73 Å². The summed E-state index contributed by atoms with van der Waals surface area (Å²) < 4.78 is 4.43. The van der Waals surface area contributed by atoms with Gasteiger partial charge in [0.05, 0.1) is 0 Å². The number of hydrogen-bond donors (Lipinski definition) is 1. The van der Waals surface area contributed by atoms with Crippen molar-refractivity contribution < 1.29 is 9.53 Å². The van der Waals surface area contributed by atoms with E-state index in [0.717, 1.165) is 12.8 Å². The molecule has 0 saturated heterocycles. The molecule has 0 heterocycles. The molecule has 0 spiro atoms. The number of aldehydes is 1. The predicted molar refractivity (Wildman–Crippen MR) is 39.5 cm³/mol. The number of nitrogens with two attached hydrogens (primary N) is 1. The molecule has 0 fully saturated rings. The van der Waals surface area contributed by atoms with Crippen LogP contribution in [0.3, 0.4) is 0 Å². The van der Waals surface area contributed by atoms with Gasteiger partial charge in [0.25, 0.3) is 6.26 Å². The molecule has 0 aromatic heterocycles. The average Bonchev–Trinajstić information content (AvgIpc) is 2.03. The molecule has 0 saturated carbocycles. The van der Waals surface area contributed by atoms with Gasteiger partial charge in [-0.15, -0.1) is 0 Å². The average molecular weight is 156 g/mol. The summed E-state index contributed by atoms with van der Waals surface area (Å²) in [5.74, 6) is 0. The van der Waals surface area contributed by atoms with E-state index >= 15 is 0 Å². The minimum atomic E-state index is -0.577. The zero-order valence-electron chi connectivity index (χ0n) is 6.32. The van der Waals surface area contributed by atoms with Crippen LogP contribution in [0.5, 0.6) is 0 Å².